The second-order valence-corrected chi connectivity index (χ2v) is 5.54. The van der Waals surface area contributed by atoms with Crippen molar-refractivity contribution < 1.29 is 14.8 Å². The van der Waals surface area contributed by atoms with Crippen LogP contribution in [0.1, 0.15) is 25.7 Å². The van der Waals surface area contributed by atoms with E-state index in [9.17, 15) is 14.9 Å². The van der Waals surface area contributed by atoms with E-state index in [1.807, 2.05) is 0 Å². The molecule has 8 heteroatoms. The number of pyridine rings is 1. The first-order chi connectivity index (χ1) is 10.0. The number of piperidine rings is 1. The Kier molecular flexibility index (Phi) is 3.36. The molecular weight excluding hydrogens is 276 g/mol. The quantitative estimate of drug-likeness (QED) is 0.649. The van der Waals surface area contributed by atoms with E-state index in [4.69, 9.17) is 5.11 Å². The Morgan fingerprint density at radius 3 is 2.52 bits per heavy atom. The molecule has 2 fully saturated rings. The highest BCUT2D eigenvalue weighted by molar-refractivity contribution is 5.65. The minimum absolute atomic E-state index is 0.0192. The van der Waals surface area contributed by atoms with Crippen molar-refractivity contribution in [3.05, 3.63) is 28.4 Å². The first kappa shape index (κ1) is 13.6. The van der Waals surface area contributed by atoms with Crippen molar-refractivity contribution in [2.45, 2.75) is 43.8 Å². The predicted octanol–water partition coefficient (Wildman–Crippen LogP) is 1.76. The number of nitrogens with zero attached hydrogens (tertiary/aromatic N) is 3. The van der Waals surface area contributed by atoms with Crippen LogP contribution in [0.4, 0.5) is 16.3 Å². The number of nitrogens with one attached hydrogen (secondary N) is 1. The number of anilines is 1. The van der Waals surface area contributed by atoms with Crippen LogP contribution in [-0.2, 0) is 0 Å². The Hall–Kier alpha value is -2.38. The lowest BCUT2D eigenvalue weighted by molar-refractivity contribution is -0.385. The third-order valence-corrected chi connectivity index (χ3v) is 4.27. The van der Waals surface area contributed by atoms with Gasteiger partial charge in [-0.2, -0.15) is 0 Å². The van der Waals surface area contributed by atoms with E-state index in [0.717, 1.165) is 31.5 Å². The molecule has 2 bridgehead atoms. The summed E-state index contributed by atoms with van der Waals surface area (Å²) < 4.78 is 0. The van der Waals surface area contributed by atoms with Crippen molar-refractivity contribution in [1.29, 1.82) is 0 Å². The Bertz CT molecular complexity index is 548. The second-order valence-electron chi connectivity index (χ2n) is 5.54. The Morgan fingerprint density at radius 2 is 2.05 bits per heavy atom. The molecule has 2 N–H and O–H groups in total. The fraction of sp³-hybridized carbons (Fsp3) is 0.538. The molecule has 2 unspecified atom stereocenters. The van der Waals surface area contributed by atoms with E-state index < -0.39 is 11.0 Å². The van der Waals surface area contributed by atoms with E-state index >= 15 is 0 Å². The molecule has 0 saturated carbocycles. The second kappa shape index (κ2) is 5.19. The summed E-state index contributed by atoms with van der Waals surface area (Å²) in [6.45, 7) is 0. The topological polar surface area (TPSA) is 109 Å². The molecule has 0 aliphatic carbocycles. The van der Waals surface area contributed by atoms with Crippen LogP contribution in [0.15, 0.2) is 18.3 Å². The number of aromatic nitrogens is 1. The Balaban J connectivity index is 1.75. The highest BCUT2D eigenvalue weighted by Crippen LogP contribution is 2.38. The first-order valence-electron chi connectivity index (χ1n) is 6.93. The lowest BCUT2D eigenvalue weighted by Crippen LogP contribution is -2.50. The van der Waals surface area contributed by atoms with Gasteiger partial charge >= 0.3 is 6.09 Å². The monoisotopic (exact) mass is 292 g/mol. The molecule has 2 atom stereocenters. The van der Waals surface area contributed by atoms with Gasteiger partial charge in [0.2, 0.25) is 0 Å². The van der Waals surface area contributed by atoms with Gasteiger partial charge in [-0.3, -0.25) is 10.1 Å². The highest BCUT2D eigenvalue weighted by atomic mass is 16.6. The predicted molar refractivity (Wildman–Crippen MR) is 74.4 cm³/mol. The number of hydrogen-bond donors (Lipinski definition) is 2. The highest BCUT2D eigenvalue weighted by Gasteiger charge is 2.41. The van der Waals surface area contributed by atoms with Gasteiger partial charge < -0.3 is 15.3 Å². The van der Waals surface area contributed by atoms with Gasteiger partial charge in [0.25, 0.3) is 5.69 Å². The number of nitro groups is 1. The number of rotatable bonds is 3. The molecular formula is C13H16N4O4. The van der Waals surface area contributed by atoms with Crippen molar-refractivity contribution in [1.82, 2.24) is 10.3 Å². The molecule has 0 aromatic carbocycles. The number of hydrogen-bond acceptors (Lipinski definition) is 5. The Morgan fingerprint density at radius 1 is 1.38 bits per heavy atom. The van der Waals surface area contributed by atoms with Crippen LogP contribution < -0.4 is 10.2 Å². The zero-order chi connectivity index (χ0) is 15.0. The summed E-state index contributed by atoms with van der Waals surface area (Å²) in [5, 5.41) is 22.0. The van der Waals surface area contributed by atoms with E-state index in [0.29, 0.717) is 0 Å². The normalized spacial score (nSPS) is 27.4. The lowest BCUT2D eigenvalue weighted by Gasteiger charge is -2.39. The molecule has 1 aromatic rings. The van der Waals surface area contributed by atoms with Crippen molar-refractivity contribution >= 4 is 17.6 Å². The molecule has 1 amide bonds. The number of carbonyl (C=O) groups is 1. The van der Waals surface area contributed by atoms with Gasteiger partial charge in [-0.1, -0.05) is 0 Å². The fourth-order valence-corrected chi connectivity index (χ4v) is 3.48. The molecule has 3 rings (SSSR count). The number of carboxylic acid groups (broad SMARTS) is 1. The zero-order valence-electron chi connectivity index (χ0n) is 11.3. The maximum absolute atomic E-state index is 10.8. The summed E-state index contributed by atoms with van der Waals surface area (Å²) >= 11 is 0. The van der Waals surface area contributed by atoms with E-state index in [2.05, 4.69) is 15.2 Å². The summed E-state index contributed by atoms with van der Waals surface area (Å²) in [6.07, 6.45) is 3.79. The number of amides is 1. The molecule has 21 heavy (non-hydrogen) atoms. The van der Waals surface area contributed by atoms with Crippen LogP contribution >= 0.6 is 0 Å². The molecule has 0 radical (unpaired) electrons. The molecule has 2 aliphatic rings. The van der Waals surface area contributed by atoms with Crippen LogP contribution in [0, 0.1) is 10.1 Å². The summed E-state index contributed by atoms with van der Waals surface area (Å²) in [5.41, 5.74) is -0.0199. The van der Waals surface area contributed by atoms with Crippen molar-refractivity contribution in [3.63, 3.8) is 0 Å². The van der Waals surface area contributed by atoms with E-state index in [1.165, 1.54) is 12.3 Å². The molecule has 8 nitrogen and oxygen atoms in total. The van der Waals surface area contributed by atoms with E-state index in [1.54, 1.807) is 6.07 Å². The lowest BCUT2D eigenvalue weighted by atomic mass is 9.97. The summed E-state index contributed by atoms with van der Waals surface area (Å²) in [6, 6.07) is 3.61. The smallest absolute Gasteiger partial charge is 0.404 e. The molecule has 2 saturated heterocycles. The van der Waals surface area contributed by atoms with Gasteiger partial charge in [0.05, 0.1) is 4.92 Å². The summed E-state index contributed by atoms with van der Waals surface area (Å²) in [4.78, 5) is 27.3. The fourth-order valence-electron chi connectivity index (χ4n) is 3.48. The Labute approximate surface area is 120 Å². The SMILES string of the molecule is O=C(O)NC1CC2CCC(C1)N2c1ccc([N+](=O)[O-])cn1. The standard InChI is InChI=1S/C13H16N4O4/c18-13(19)15-8-5-9-1-2-10(6-8)16(9)12-4-3-11(7-14-12)17(20)21/h3-4,7-10,15H,1-2,5-6H2,(H,18,19). The van der Waals surface area contributed by atoms with Gasteiger partial charge in [0.1, 0.15) is 12.0 Å². The van der Waals surface area contributed by atoms with Crippen molar-refractivity contribution in [3.8, 4) is 0 Å². The largest absolute Gasteiger partial charge is 0.465 e. The molecule has 2 aliphatic heterocycles. The van der Waals surface area contributed by atoms with Crippen molar-refractivity contribution in [2.75, 3.05) is 4.90 Å². The summed E-state index contributed by atoms with van der Waals surface area (Å²) in [7, 11) is 0. The molecule has 112 valence electrons. The minimum atomic E-state index is -0.985. The van der Waals surface area contributed by atoms with Crippen LogP contribution in [0.25, 0.3) is 0 Å². The third-order valence-electron chi connectivity index (χ3n) is 4.27. The molecule has 3 heterocycles. The molecule has 0 spiro atoms. The van der Waals surface area contributed by atoms with Crippen LogP contribution in [0.2, 0.25) is 0 Å². The van der Waals surface area contributed by atoms with Crippen LogP contribution in [-0.4, -0.2) is 39.2 Å². The first-order valence-corrected chi connectivity index (χ1v) is 6.93. The average molecular weight is 292 g/mol. The van der Waals surface area contributed by atoms with Crippen LogP contribution in [0.5, 0.6) is 0 Å². The molecule has 1 aromatic heterocycles. The third kappa shape index (κ3) is 2.61. The van der Waals surface area contributed by atoms with Crippen LogP contribution in [0.3, 0.4) is 0 Å². The van der Waals surface area contributed by atoms with Crippen molar-refractivity contribution in [2.24, 2.45) is 0 Å². The number of fused-ring (bicyclic) bond motifs is 2. The van der Waals surface area contributed by atoms with E-state index in [-0.39, 0.29) is 23.8 Å². The minimum Gasteiger partial charge on any atom is -0.465 e. The van der Waals surface area contributed by atoms with Gasteiger partial charge in [0.15, 0.2) is 0 Å². The van der Waals surface area contributed by atoms with Gasteiger partial charge in [-0.15, -0.1) is 0 Å². The average Bonchev–Trinajstić information content (AvgIpc) is 2.70. The van der Waals surface area contributed by atoms with Gasteiger partial charge in [-0.25, -0.2) is 9.78 Å². The summed E-state index contributed by atoms with van der Waals surface area (Å²) in [5.74, 6) is 0.738. The van der Waals surface area contributed by atoms with Gasteiger partial charge in [-0.05, 0) is 31.7 Å². The maximum atomic E-state index is 10.8. The van der Waals surface area contributed by atoms with Gasteiger partial charge in [0, 0.05) is 24.2 Å². The zero-order valence-corrected chi connectivity index (χ0v) is 11.3. The maximum Gasteiger partial charge on any atom is 0.404 e.